The fraction of sp³-hybridized carbons (Fsp3) is 0.250. The van der Waals surface area contributed by atoms with E-state index in [1.807, 2.05) is 97.1 Å². The molecule has 0 saturated heterocycles. The van der Waals surface area contributed by atoms with E-state index in [4.69, 9.17) is 55.5 Å². The van der Waals surface area contributed by atoms with Crippen LogP contribution in [0.25, 0.3) is 0 Å². The van der Waals surface area contributed by atoms with Crippen LogP contribution in [0.3, 0.4) is 0 Å². The molecule has 0 aliphatic rings. The van der Waals surface area contributed by atoms with Crippen molar-refractivity contribution in [1.82, 2.24) is 0 Å². The van der Waals surface area contributed by atoms with Gasteiger partial charge in [0, 0.05) is 36.5 Å². The van der Waals surface area contributed by atoms with Gasteiger partial charge in [0.05, 0.1) is 0 Å². The predicted molar refractivity (Wildman–Crippen MR) is 167 cm³/mol. The SMILES string of the molecule is O=[P+](OCCCC(c1ccc(Cl)cc1)c1ccc(Cl)cc1)OCCCC(c1ccc(Cl)cc1)c1ccc(Cl)cc1. The lowest BCUT2D eigenvalue weighted by molar-refractivity contribution is 0.218. The van der Waals surface area contributed by atoms with Crippen LogP contribution < -0.4 is 0 Å². The quantitative estimate of drug-likeness (QED) is 0.102. The summed E-state index contributed by atoms with van der Waals surface area (Å²) < 4.78 is 23.4. The van der Waals surface area contributed by atoms with Gasteiger partial charge in [-0.1, -0.05) is 94.9 Å². The first-order valence-electron chi connectivity index (χ1n) is 13.1. The molecule has 40 heavy (non-hydrogen) atoms. The van der Waals surface area contributed by atoms with Crippen molar-refractivity contribution in [2.45, 2.75) is 37.5 Å². The Labute approximate surface area is 257 Å². The van der Waals surface area contributed by atoms with E-state index in [-0.39, 0.29) is 11.8 Å². The Morgan fingerprint density at radius 2 is 0.725 bits per heavy atom. The van der Waals surface area contributed by atoms with Gasteiger partial charge < -0.3 is 0 Å². The van der Waals surface area contributed by atoms with Gasteiger partial charge in [-0.3, -0.25) is 0 Å². The van der Waals surface area contributed by atoms with Crippen LogP contribution in [0.5, 0.6) is 0 Å². The van der Waals surface area contributed by atoms with E-state index in [2.05, 4.69) is 0 Å². The largest absolute Gasteiger partial charge is 0.697 e. The standard InChI is InChI=1S/C32H30Cl4O3P/c33-27-13-5-23(6-14-27)31(24-7-15-28(34)16-8-24)3-1-21-38-40(37)39-22-2-4-32(25-9-17-29(35)18-10-25)26-11-19-30(36)20-12-26/h5-20,31-32H,1-4,21-22H2/q+1. The van der Waals surface area contributed by atoms with Crippen molar-refractivity contribution < 1.29 is 13.6 Å². The third-order valence-electron chi connectivity index (χ3n) is 6.76. The molecule has 0 radical (unpaired) electrons. The Morgan fingerprint density at radius 3 is 0.975 bits per heavy atom. The molecule has 0 amide bonds. The predicted octanol–water partition coefficient (Wildman–Crippen LogP) is 11.5. The van der Waals surface area contributed by atoms with Gasteiger partial charge in [-0.2, -0.15) is 0 Å². The van der Waals surface area contributed by atoms with E-state index in [9.17, 15) is 4.57 Å². The number of hydrogen-bond donors (Lipinski definition) is 0. The Kier molecular flexibility index (Phi) is 12.3. The molecule has 0 aliphatic carbocycles. The summed E-state index contributed by atoms with van der Waals surface area (Å²) in [6.07, 6.45) is 3.07. The zero-order valence-corrected chi connectivity index (χ0v) is 25.7. The van der Waals surface area contributed by atoms with Crippen molar-refractivity contribution in [2.75, 3.05) is 13.2 Å². The zero-order chi connectivity index (χ0) is 28.3. The topological polar surface area (TPSA) is 35.5 Å². The zero-order valence-electron chi connectivity index (χ0n) is 21.8. The molecule has 3 nitrogen and oxygen atoms in total. The Morgan fingerprint density at radius 1 is 0.475 bits per heavy atom. The fourth-order valence-electron chi connectivity index (χ4n) is 4.72. The highest BCUT2D eigenvalue weighted by molar-refractivity contribution is 7.33. The molecule has 0 bridgehead atoms. The molecule has 4 aromatic carbocycles. The van der Waals surface area contributed by atoms with Gasteiger partial charge in [0.2, 0.25) is 0 Å². The Balaban J connectivity index is 1.24. The van der Waals surface area contributed by atoms with Gasteiger partial charge in [-0.15, -0.1) is 9.05 Å². The van der Waals surface area contributed by atoms with E-state index in [1.54, 1.807) is 0 Å². The summed E-state index contributed by atoms with van der Waals surface area (Å²) in [6.45, 7) is 0.677. The molecular weight excluding hydrogens is 605 g/mol. The van der Waals surface area contributed by atoms with Crippen LogP contribution in [0, 0.1) is 0 Å². The van der Waals surface area contributed by atoms with Gasteiger partial charge >= 0.3 is 8.25 Å². The normalized spacial score (nSPS) is 11.3. The van der Waals surface area contributed by atoms with E-state index >= 15 is 0 Å². The molecule has 0 fully saturated rings. The van der Waals surface area contributed by atoms with Crippen LogP contribution >= 0.6 is 54.7 Å². The van der Waals surface area contributed by atoms with Crippen LogP contribution in [-0.2, 0) is 13.6 Å². The van der Waals surface area contributed by atoms with Crippen LogP contribution in [0.4, 0.5) is 0 Å². The van der Waals surface area contributed by atoms with Crippen LogP contribution in [0.1, 0.15) is 59.8 Å². The highest BCUT2D eigenvalue weighted by Gasteiger charge is 2.22. The summed E-state index contributed by atoms with van der Waals surface area (Å²) in [7, 11) is -2.20. The first-order valence-corrected chi connectivity index (χ1v) is 15.7. The van der Waals surface area contributed by atoms with Crippen molar-refractivity contribution in [3.05, 3.63) is 139 Å². The van der Waals surface area contributed by atoms with E-state index in [0.29, 0.717) is 33.3 Å². The van der Waals surface area contributed by atoms with Crippen molar-refractivity contribution in [3.8, 4) is 0 Å². The molecule has 8 heteroatoms. The van der Waals surface area contributed by atoms with Crippen molar-refractivity contribution in [1.29, 1.82) is 0 Å². The lowest BCUT2D eigenvalue weighted by Gasteiger charge is -2.18. The fourth-order valence-corrected chi connectivity index (χ4v) is 5.86. The number of halogens is 4. The van der Waals surface area contributed by atoms with Gasteiger partial charge in [-0.25, -0.2) is 0 Å². The van der Waals surface area contributed by atoms with Gasteiger partial charge in [-0.05, 0) is 96.5 Å². The summed E-state index contributed by atoms with van der Waals surface area (Å²) in [4.78, 5) is 0. The molecule has 0 aliphatic heterocycles. The van der Waals surface area contributed by atoms with Crippen molar-refractivity contribution >= 4 is 54.7 Å². The first kappa shape index (κ1) is 31.0. The van der Waals surface area contributed by atoms with Gasteiger partial charge in [0.25, 0.3) is 0 Å². The van der Waals surface area contributed by atoms with Crippen molar-refractivity contribution in [3.63, 3.8) is 0 Å². The average Bonchev–Trinajstić information content (AvgIpc) is 2.96. The minimum Gasteiger partial charge on any atom is -0.119 e. The summed E-state index contributed by atoms with van der Waals surface area (Å²) in [5.74, 6) is 0.296. The van der Waals surface area contributed by atoms with Crippen LogP contribution in [0.2, 0.25) is 20.1 Å². The summed E-state index contributed by atoms with van der Waals surface area (Å²) in [5, 5.41) is 2.79. The smallest absolute Gasteiger partial charge is 0.119 e. The monoisotopic (exact) mass is 633 g/mol. The highest BCUT2D eigenvalue weighted by atomic mass is 35.5. The third-order valence-corrected chi connectivity index (χ3v) is 8.55. The lowest BCUT2D eigenvalue weighted by atomic mass is 9.87. The molecule has 4 rings (SSSR count). The Bertz CT molecular complexity index is 1150. The molecule has 0 atom stereocenters. The second-order valence-electron chi connectivity index (χ2n) is 9.49. The number of hydrogen-bond acceptors (Lipinski definition) is 3. The molecule has 208 valence electrons. The minimum absolute atomic E-state index is 0.148. The van der Waals surface area contributed by atoms with Crippen molar-refractivity contribution in [2.24, 2.45) is 0 Å². The van der Waals surface area contributed by atoms with Gasteiger partial charge in [0.1, 0.15) is 13.2 Å². The maximum Gasteiger partial charge on any atom is 0.697 e. The molecular formula is C32H30Cl4O3P+. The van der Waals surface area contributed by atoms with Crippen LogP contribution in [0.15, 0.2) is 97.1 Å². The number of benzene rings is 4. The van der Waals surface area contributed by atoms with E-state index in [1.165, 1.54) is 0 Å². The molecule has 0 spiro atoms. The second-order valence-corrected chi connectivity index (χ2v) is 12.2. The molecule has 0 N–H and O–H groups in total. The molecule has 0 aromatic heterocycles. The van der Waals surface area contributed by atoms with Gasteiger partial charge in [0.15, 0.2) is 0 Å². The lowest BCUT2D eigenvalue weighted by Crippen LogP contribution is -2.04. The van der Waals surface area contributed by atoms with E-state index in [0.717, 1.165) is 47.9 Å². The maximum absolute atomic E-state index is 12.4. The van der Waals surface area contributed by atoms with E-state index < -0.39 is 8.25 Å². The minimum atomic E-state index is -2.20. The average molecular weight is 635 g/mol. The highest BCUT2D eigenvalue weighted by Crippen LogP contribution is 2.34. The molecule has 0 heterocycles. The maximum atomic E-state index is 12.4. The number of rotatable bonds is 14. The summed E-state index contributed by atoms with van der Waals surface area (Å²) in [5.41, 5.74) is 4.62. The summed E-state index contributed by atoms with van der Waals surface area (Å²) in [6, 6.07) is 31.4. The molecule has 0 saturated carbocycles. The summed E-state index contributed by atoms with van der Waals surface area (Å²) >= 11 is 24.4. The second kappa shape index (κ2) is 15.9. The molecule has 0 unspecified atom stereocenters. The first-order chi connectivity index (χ1) is 19.4. The molecule has 4 aromatic rings. The third kappa shape index (κ3) is 9.57. The Hall–Kier alpha value is -1.94. The van der Waals surface area contributed by atoms with Crippen LogP contribution in [-0.4, -0.2) is 13.2 Å².